The fourth-order valence-corrected chi connectivity index (χ4v) is 3.29. The molecule has 3 rings (SSSR count). The molecule has 0 aliphatic heterocycles. The molecular formula is C19H22ClFN4O3. The third-order valence-electron chi connectivity index (χ3n) is 4.56. The Morgan fingerprint density at radius 2 is 1.96 bits per heavy atom. The van der Waals surface area contributed by atoms with E-state index in [0.717, 1.165) is 25.7 Å². The average molecular weight is 409 g/mol. The molecule has 1 unspecified atom stereocenters. The topological polar surface area (TPSA) is 85.4 Å². The first kappa shape index (κ1) is 20.4. The molecule has 1 aliphatic carbocycles. The van der Waals surface area contributed by atoms with Crippen LogP contribution < -0.4 is 10.6 Å². The second-order valence-electron chi connectivity index (χ2n) is 6.54. The van der Waals surface area contributed by atoms with Crippen LogP contribution in [-0.2, 0) is 14.3 Å². The summed E-state index contributed by atoms with van der Waals surface area (Å²) in [7, 11) is 1.45. The number of nitrogens with one attached hydrogen (secondary N) is 2. The van der Waals surface area contributed by atoms with Crippen LogP contribution in [-0.4, -0.2) is 41.8 Å². The van der Waals surface area contributed by atoms with Crippen LogP contribution in [0.15, 0.2) is 30.6 Å². The maximum atomic E-state index is 13.3. The minimum absolute atomic E-state index is 0.0130. The Morgan fingerprint density at radius 1 is 1.21 bits per heavy atom. The summed E-state index contributed by atoms with van der Waals surface area (Å²) in [5.41, 5.74) is 0.636. The zero-order chi connectivity index (χ0) is 19.9. The number of benzene rings is 1. The molecule has 0 saturated heterocycles. The van der Waals surface area contributed by atoms with Crippen molar-refractivity contribution in [2.24, 2.45) is 0 Å². The Labute approximate surface area is 167 Å². The van der Waals surface area contributed by atoms with Gasteiger partial charge in [0.05, 0.1) is 11.1 Å². The molecule has 0 amide bonds. The number of hydrogen-bond acceptors (Lipinski definition) is 7. The highest BCUT2D eigenvalue weighted by atomic mass is 35.5. The number of aldehydes is 1. The van der Waals surface area contributed by atoms with Crippen LogP contribution in [0.5, 0.6) is 0 Å². The van der Waals surface area contributed by atoms with Crippen molar-refractivity contribution in [3.63, 3.8) is 0 Å². The van der Waals surface area contributed by atoms with Gasteiger partial charge in [-0.2, -0.15) is 0 Å². The summed E-state index contributed by atoms with van der Waals surface area (Å²) in [5.74, 6) is 0.797. The Bertz CT molecular complexity index is 802. The highest BCUT2D eigenvalue weighted by molar-refractivity contribution is 6.31. The standard InChI is InChI=1S/C19H22ClFN4O3/c1-27-19(10-26)28-14-5-2-12(3-6-14)24-17-9-18(23-11-22-17)25-13-4-7-16(21)15(20)8-13/h4,7-12,14,19H,2-3,5-6H2,1H3,(H2,22,23,24,25). The maximum absolute atomic E-state index is 13.3. The van der Waals surface area contributed by atoms with Crippen LogP contribution in [0.1, 0.15) is 25.7 Å². The number of anilines is 3. The second-order valence-corrected chi connectivity index (χ2v) is 6.94. The second kappa shape index (κ2) is 9.77. The number of rotatable bonds is 8. The lowest BCUT2D eigenvalue weighted by Crippen LogP contribution is -2.33. The van der Waals surface area contributed by atoms with Gasteiger partial charge in [0.1, 0.15) is 23.8 Å². The highest BCUT2D eigenvalue weighted by Gasteiger charge is 2.24. The number of aromatic nitrogens is 2. The molecule has 9 heteroatoms. The van der Waals surface area contributed by atoms with Gasteiger partial charge in [-0.05, 0) is 43.9 Å². The van der Waals surface area contributed by atoms with Crippen molar-refractivity contribution in [1.29, 1.82) is 0 Å². The zero-order valence-electron chi connectivity index (χ0n) is 15.4. The molecule has 2 N–H and O–H groups in total. The van der Waals surface area contributed by atoms with E-state index in [9.17, 15) is 9.18 Å². The van der Waals surface area contributed by atoms with E-state index in [1.54, 1.807) is 12.1 Å². The first-order chi connectivity index (χ1) is 13.6. The van der Waals surface area contributed by atoms with Crippen molar-refractivity contribution in [2.45, 2.75) is 44.1 Å². The van der Waals surface area contributed by atoms with Gasteiger partial charge in [0, 0.05) is 24.9 Å². The van der Waals surface area contributed by atoms with Gasteiger partial charge in [0.15, 0.2) is 6.29 Å². The molecule has 1 saturated carbocycles. The lowest BCUT2D eigenvalue weighted by molar-refractivity contribution is -0.167. The molecule has 7 nitrogen and oxygen atoms in total. The monoisotopic (exact) mass is 408 g/mol. The molecule has 1 atom stereocenters. The zero-order valence-corrected chi connectivity index (χ0v) is 16.2. The fourth-order valence-electron chi connectivity index (χ4n) is 3.11. The molecule has 0 spiro atoms. The molecule has 28 heavy (non-hydrogen) atoms. The van der Waals surface area contributed by atoms with Crippen LogP contribution in [0.3, 0.4) is 0 Å². The van der Waals surface area contributed by atoms with Gasteiger partial charge in [0.2, 0.25) is 6.29 Å². The molecule has 2 aromatic rings. The first-order valence-corrected chi connectivity index (χ1v) is 9.39. The van der Waals surface area contributed by atoms with E-state index in [1.165, 1.54) is 25.6 Å². The minimum atomic E-state index is -0.801. The fraction of sp³-hybridized carbons (Fsp3) is 0.421. The van der Waals surface area contributed by atoms with Gasteiger partial charge >= 0.3 is 0 Å². The van der Waals surface area contributed by atoms with Gasteiger partial charge in [-0.15, -0.1) is 0 Å². The number of carbonyl (C=O) groups is 1. The number of methoxy groups -OCH3 is 1. The van der Waals surface area contributed by atoms with Crippen molar-refractivity contribution in [1.82, 2.24) is 9.97 Å². The average Bonchev–Trinajstić information content (AvgIpc) is 2.70. The Balaban J connectivity index is 1.53. The maximum Gasteiger partial charge on any atom is 0.214 e. The third kappa shape index (κ3) is 5.60. The predicted octanol–water partition coefficient (Wildman–Crippen LogP) is 3.92. The molecule has 150 valence electrons. The molecule has 1 aromatic carbocycles. The predicted molar refractivity (Wildman–Crippen MR) is 104 cm³/mol. The van der Waals surface area contributed by atoms with E-state index in [0.29, 0.717) is 23.6 Å². The Kier molecular flexibility index (Phi) is 7.13. The van der Waals surface area contributed by atoms with Crippen molar-refractivity contribution < 1.29 is 18.7 Å². The van der Waals surface area contributed by atoms with Crippen LogP contribution in [0.4, 0.5) is 21.7 Å². The van der Waals surface area contributed by atoms with Crippen molar-refractivity contribution >= 4 is 35.2 Å². The summed E-state index contributed by atoms with van der Waals surface area (Å²) in [6.45, 7) is 0. The van der Waals surface area contributed by atoms with Crippen molar-refractivity contribution in [2.75, 3.05) is 17.7 Å². The summed E-state index contributed by atoms with van der Waals surface area (Å²) >= 11 is 5.80. The first-order valence-electron chi connectivity index (χ1n) is 9.01. The lowest BCUT2D eigenvalue weighted by Gasteiger charge is -2.30. The number of nitrogens with zero attached hydrogens (tertiary/aromatic N) is 2. The molecule has 0 bridgehead atoms. The normalized spacial score (nSPS) is 20.4. The van der Waals surface area contributed by atoms with Gasteiger partial charge in [-0.3, -0.25) is 4.79 Å². The van der Waals surface area contributed by atoms with Crippen molar-refractivity contribution in [3.05, 3.63) is 41.4 Å². The minimum Gasteiger partial charge on any atom is -0.367 e. The summed E-state index contributed by atoms with van der Waals surface area (Å²) in [6.07, 6.45) is 4.77. The smallest absolute Gasteiger partial charge is 0.214 e. The van der Waals surface area contributed by atoms with E-state index in [-0.39, 0.29) is 17.2 Å². The van der Waals surface area contributed by atoms with Crippen LogP contribution in [0, 0.1) is 5.82 Å². The number of carbonyl (C=O) groups excluding carboxylic acids is 1. The van der Waals surface area contributed by atoms with E-state index in [4.69, 9.17) is 21.1 Å². The van der Waals surface area contributed by atoms with Gasteiger partial charge in [-0.25, -0.2) is 14.4 Å². The summed E-state index contributed by atoms with van der Waals surface area (Å²) in [6, 6.07) is 6.42. The third-order valence-corrected chi connectivity index (χ3v) is 4.84. The van der Waals surface area contributed by atoms with Gasteiger partial charge in [0.25, 0.3) is 0 Å². The van der Waals surface area contributed by atoms with E-state index < -0.39 is 12.1 Å². The van der Waals surface area contributed by atoms with E-state index in [2.05, 4.69) is 20.6 Å². The highest BCUT2D eigenvalue weighted by Crippen LogP contribution is 2.26. The van der Waals surface area contributed by atoms with Crippen LogP contribution in [0.2, 0.25) is 5.02 Å². The Hall–Kier alpha value is -2.29. The van der Waals surface area contributed by atoms with Crippen molar-refractivity contribution in [3.8, 4) is 0 Å². The summed E-state index contributed by atoms with van der Waals surface area (Å²) < 4.78 is 23.8. The number of halogens is 2. The molecule has 1 fully saturated rings. The van der Waals surface area contributed by atoms with Gasteiger partial charge in [-0.1, -0.05) is 11.6 Å². The van der Waals surface area contributed by atoms with Gasteiger partial charge < -0.3 is 20.1 Å². The molecule has 1 heterocycles. The van der Waals surface area contributed by atoms with Crippen LogP contribution >= 0.6 is 11.6 Å². The summed E-state index contributed by atoms with van der Waals surface area (Å²) in [5, 5.41) is 6.52. The summed E-state index contributed by atoms with van der Waals surface area (Å²) in [4.78, 5) is 19.2. The lowest BCUT2D eigenvalue weighted by atomic mass is 9.93. The number of hydrogen-bond donors (Lipinski definition) is 2. The molecular weight excluding hydrogens is 387 g/mol. The molecule has 0 radical (unpaired) electrons. The number of ether oxygens (including phenoxy) is 2. The Morgan fingerprint density at radius 3 is 2.64 bits per heavy atom. The molecule has 1 aliphatic rings. The van der Waals surface area contributed by atoms with E-state index >= 15 is 0 Å². The largest absolute Gasteiger partial charge is 0.367 e. The SMILES string of the molecule is COC(C=O)OC1CCC(Nc2cc(Nc3ccc(F)c(Cl)c3)ncn2)CC1. The van der Waals surface area contributed by atoms with Crippen LogP contribution in [0.25, 0.3) is 0 Å². The van der Waals surface area contributed by atoms with E-state index in [1.807, 2.05) is 0 Å². The molecule has 1 aromatic heterocycles. The quantitative estimate of drug-likeness (QED) is 0.505.